The first kappa shape index (κ1) is 98.1. The molecule has 3 N–H and O–H groups in total. The number of carbonyl (C=O) groups excluding carboxylic acids is 4. The molecule has 0 aliphatic carbocycles. The van der Waals surface area contributed by atoms with Crippen molar-refractivity contribution in [1.29, 1.82) is 0 Å². The third-order valence-corrected chi connectivity index (χ3v) is 21.0. The first-order valence-corrected chi connectivity index (χ1v) is 45.3. The molecular weight excluding hydrogens is 1310 g/mol. The molecule has 0 spiro atoms. The van der Waals surface area contributed by atoms with Crippen LogP contribution in [-0.2, 0) is 65.4 Å². The second-order valence-electron chi connectivity index (χ2n) is 29.2. The van der Waals surface area contributed by atoms with Crippen LogP contribution in [0.1, 0.15) is 439 Å². The fourth-order valence-corrected chi connectivity index (χ4v) is 14.2. The molecule has 0 aliphatic heterocycles. The fourth-order valence-electron chi connectivity index (χ4n) is 12.6. The monoisotopic (exact) mass is 1470 g/mol. The average Bonchev–Trinajstić information content (AvgIpc) is 0.931. The summed E-state index contributed by atoms with van der Waals surface area (Å²) in [6.45, 7) is 5.01. The minimum atomic E-state index is -4.96. The van der Waals surface area contributed by atoms with Gasteiger partial charge >= 0.3 is 39.5 Å². The molecule has 100 heavy (non-hydrogen) atoms. The van der Waals surface area contributed by atoms with E-state index in [9.17, 15) is 43.2 Å². The van der Waals surface area contributed by atoms with Crippen molar-refractivity contribution in [2.45, 2.75) is 457 Å². The van der Waals surface area contributed by atoms with Crippen LogP contribution in [0.2, 0.25) is 0 Å². The number of aliphatic hydroxyl groups excluding tert-OH is 1. The van der Waals surface area contributed by atoms with Gasteiger partial charge in [-0.25, -0.2) is 9.13 Å². The van der Waals surface area contributed by atoms with Crippen LogP contribution in [0.15, 0.2) is 0 Å². The van der Waals surface area contributed by atoms with Gasteiger partial charge in [0.1, 0.15) is 19.3 Å². The summed E-state index contributed by atoms with van der Waals surface area (Å²) < 4.78 is 68.7. The molecule has 0 aromatic rings. The van der Waals surface area contributed by atoms with Gasteiger partial charge in [0.25, 0.3) is 0 Å². The number of rotatable bonds is 82. The van der Waals surface area contributed by atoms with E-state index in [1.54, 1.807) is 0 Å². The van der Waals surface area contributed by atoms with E-state index < -0.39 is 97.5 Å². The lowest BCUT2D eigenvalue weighted by Crippen LogP contribution is -2.30. The summed E-state index contributed by atoms with van der Waals surface area (Å²) in [7, 11) is -9.91. The molecule has 2 unspecified atom stereocenters. The zero-order valence-corrected chi connectivity index (χ0v) is 67.0. The molecule has 0 rings (SSSR count). The van der Waals surface area contributed by atoms with Gasteiger partial charge in [0.2, 0.25) is 0 Å². The lowest BCUT2D eigenvalue weighted by Gasteiger charge is -2.21. The molecule has 17 nitrogen and oxygen atoms in total. The Kier molecular flexibility index (Phi) is 73.8. The van der Waals surface area contributed by atoms with Crippen molar-refractivity contribution in [3.8, 4) is 0 Å². The van der Waals surface area contributed by atoms with E-state index in [4.69, 9.17) is 37.0 Å². The summed E-state index contributed by atoms with van der Waals surface area (Å²) in [6, 6.07) is 0. The summed E-state index contributed by atoms with van der Waals surface area (Å²) in [5, 5.41) is 10.6. The summed E-state index contributed by atoms with van der Waals surface area (Å²) in [5.74, 6) is -2.11. The zero-order valence-electron chi connectivity index (χ0n) is 65.2. The van der Waals surface area contributed by atoms with E-state index in [-0.39, 0.29) is 25.7 Å². The molecule has 0 saturated heterocycles. The van der Waals surface area contributed by atoms with Crippen LogP contribution in [0.5, 0.6) is 0 Å². The van der Waals surface area contributed by atoms with Gasteiger partial charge in [-0.2, -0.15) is 0 Å². The number of hydrogen-bond acceptors (Lipinski definition) is 15. The highest BCUT2D eigenvalue weighted by Crippen LogP contribution is 2.45. The minimum absolute atomic E-state index is 0.109. The van der Waals surface area contributed by atoms with Crippen LogP contribution < -0.4 is 0 Å². The molecule has 0 aliphatic rings. The molecule has 0 radical (unpaired) electrons. The van der Waals surface area contributed by atoms with Crippen molar-refractivity contribution < 1.29 is 80.2 Å². The SMILES string of the molecule is CCCCCCCCCCCCCCCCCCCCCCC(=O)O[C@H](COC(=O)CCCCCCCCCCCCCCCCCC)COP(=O)(O)OC[C@@H](O)COP(=O)(O)OC[C@@H](COC(=O)CCCCCCCCCC)OC(=O)CCCCCCCCCCCCCCCCCC. The standard InChI is InChI=1S/C81H158O17P2/c1-5-9-13-17-21-25-28-31-34-37-38-39-40-43-46-49-52-56-60-64-68-81(86)98-77(72-92-79(84)66-62-58-54-50-47-44-41-35-32-29-26-22-18-14-10-6-2)74-96-100(89,90)94-70-75(82)69-93-99(87,88)95-73-76(71-91-78(83)65-61-57-53-24-20-16-12-8-4)97-80(85)67-63-59-55-51-48-45-42-36-33-30-27-23-19-15-11-7-3/h75-77,82H,5-74H2,1-4H3,(H,87,88)(H,89,90)/t75-,76+,77+/m0/s1. The van der Waals surface area contributed by atoms with Gasteiger partial charge in [0.15, 0.2) is 12.2 Å². The van der Waals surface area contributed by atoms with Gasteiger partial charge in [0.05, 0.1) is 26.4 Å². The molecule has 0 saturated carbocycles. The van der Waals surface area contributed by atoms with Gasteiger partial charge in [0, 0.05) is 25.7 Å². The van der Waals surface area contributed by atoms with Gasteiger partial charge in [-0.05, 0) is 25.7 Å². The number of unbranched alkanes of at least 4 members (excludes halogenated alkanes) is 56. The molecule has 0 bridgehead atoms. The highest BCUT2D eigenvalue weighted by atomic mass is 31.2. The summed E-state index contributed by atoms with van der Waals surface area (Å²) in [5.41, 5.74) is 0. The number of carbonyl (C=O) groups is 4. The van der Waals surface area contributed by atoms with Crippen molar-refractivity contribution in [3.63, 3.8) is 0 Å². The maximum Gasteiger partial charge on any atom is 0.472 e. The van der Waals surface area contributed by atoms with Crippen LogP contribution in [0.3, 0.4) is 0 Å². The number of phosphoric acid groups is 2. The Bertz CT molecular complexity index is 1890. The lowest BCUT2D eigenvalue weighted by atomic mass is 10.0. The maximum atomic E-state index is 13.1. The summed E-state index contributed by atoms with van der Waals surface area (Å²) in [6.07, 6.45) is 68.1. The highest BCUT2D eigenvalue weighted by molar-refractivity contribution is 7.47. The average molecular weight is 1470 g/mol. The second-order valence-corrected chi connectivity index (χ2v) is 32.1. The molecule has 0 fully saturated rings. The second kappa shape index (κ2) is 75.3. The van der Waals surface area contributed by atoms with Crippen molar-refractivity contribution in [2.75, 3.05) is 39.6 Å². The van der Waals surface area contributed by atoms with Gasteiger partial charge in [-0.3, -0.25) is 37.3 Å². The Hall–Kier alpha value is -1.94. The van der Waals surface area contributed by atoms with Gasteiger partial charge in [-0.15, -0.1) is 0 Å². The molecule has 5 atom stereocenters. The molecule has 19 heteroatoms. The predicted octanol–water partition coefficient (Wildman–Crippen LogP) is 24.6. The third-order valence-electron chi connectivity index (χ3n) is 19.1. The molecule has 0 heterocycles. The smallest absolute Gasteiger partial charge is 0.462 e. The van der Waals surface area contributed by atoms with Crippen LogP contribution in [0, 0.1) is 0 Å². The van der Waals surface area contributed by atoms with Crippen LogP contribution in [0.25, 0.3) is 0 Å². The normalized spacial score (nSPS) is 13.8. The van der Waals surface area contributed by atoms with Crippen molar-refractivity contribution in [3.05, 3.63) is 0 Å². The molecule has 0 amide bonds. The number of ether oxygens (including phenoxy) is 4. The van der Waals surface area contributed by atoms with Gasteiger partial charge < -0.3 is 33.8 Å². The topological polar surface area (TPSA) is 237 Å². The Morgan fingerprint density at radius 2 is 0.400 bits per heavy atom. The van der Waals surface area contributed by atoms with E-state index in [1.807, 2.05) is 0 Å². The van der Waals surface area contributed by atoms with Crippen molar-refractivity contribution in [2.24, 2.45) is 0 Å². The minimum Gasteiger partial charge on any atom is -0.462 e. The Morgan fingerprint density at radius 1 is 0.240 bits per heavy atom. The number of phosphoric ester groups is 2. The first-order valence-electron chi connectivity index (χ1n) is 42.3. The Labute approximate surface area is 613 Å². The van der Waals surface area contributed by atoms with Crippen LogP contribution in [-0.4, -0.2) is 96.7 Å². The lowest BCUT2D eigenvalue weighted by molar-refractivity contribution is -0.161. The van der Waals surface area contributed by atoms with Crippen molar-refractivity contribution in [1.82, 2.24) is 0 Å². The van der Waals surface area contributed by atoms with E-state index in [1.165, 1.54) is 270 Å². The Morgan fingerprint density at radius 3 is 0.590 bits per heavy atom. The largest absolute Gasteiger partial charge is 0.472 e. The number of esters is 4. The summed E-state index contributed by atoms with van der Waals surface area (Å²) >= 11 is 0. The summed E-state index contributed by atoms with van der Waals surface area (Å²) in [4.78, 5) is 72.9. The predicted molar refractivity (Wildman–Crippen MR) is 409 cm³/mol. The Balaban J connectivity index is 5.19. The van der Waals surface area contributed by atoms with Crippen molar-refractivity contribution >= 4 is 39.5 Å². The van der Waals surface area contributed by atoms with Gasteiger partial charge in [-0.1, -0.05) is 387 Å². The molecular formula is C81H158O17P2. The number of aliphatic hydroxyl groups is 1. The molecule has 0 aromatic carbocycles. The van der Waals surface area contributed by atoms with E-state index >= 15 is 0 Å². The molecule has 0 aromatic heterocycles. The maximum absolute atomic E-state index is 13.1. The first-order chi connectivity index (χ1) is 48.7. The third kappa shape index (κ3) is 74.3. The number of hydrogen-bond donors (Lipinski definition) is 3. The fraction of sp³-hybridized carbons (Fsp3) is 0.951. The van der Waals surface area contributed by atoms with E-state index in [2.05, 4.69) is 27.7 Å². The van der Waals surface area contributed by atoms with E-state index in [0.29, 0.717) is 25.7 Å². The molecule has 594 valence electrons. The highest BCUT2D eigenvalue weighted by Gasteiger charge is 2.30. The van der Waals surface area contributed by atoms with E-state index in [0.717, 1.165) is 89.9 Å². The van der Waals surface area contributed by atoms with Crippen LogP contribution in [0.4, 0.5) is 0 Å². The zero-order chi connectivity index (χ0) is 73.2. The quantitative estimate of drug-likeness (QED) is 0.0222. The van der Waals surface area contributed by atoms with Crippen LogP contribution >= 0.6 is 15.6 Å².